The maximum atomic E-state index is 11.4. The molecule has 1 saturated heterocycles. The van der Waals surface area contributed by atoms with Crippen LogP contribution in [0.2, 0.25) is 0 Å². The van der Waals surface area contributed by atoms with E-state index in [1.54, 1.807) is 0 Å². The van der Waals surface area contributed by atoms with E-state index in [-0.39, 0.29) is 6.42 Å². The number of carbonyl (C=O) groups is 3. The van der Waals surface area contributed by atoms with E-state index in [0.717, 1.165) is 4.90 Å². The molecule has 16 heavy (non-hydrogen) atoms. The van der Waals surface area contributed by atoms with Gasteiger partial charge in [0.1, 0.15) is 6.42 Å². The minimum Gasteiger partial charge on any atom is -0.302 e. The van der Waals surface area contributed by atoms with Gasteiger partial charge in [-0.3, -0.25) is 19.8 Å². The molecule has 0 aromatic heterocycles. The number of likely N-dealkylation sites (N-methyl/N-ethyl adjacent to an activating group) is 1. The van der Waals surface area contributed by atoms with Crippen molar-refractivity contribution in [1.29, 1.82) is 0 Å². The Balaban J connectivity index is 2.50. The molecule has 90 valence electrons. The number of nitrogens with one attached hydrogen (secondary N) is 1. The molecule has 0 spiro atoms. The van der Waals surface area contributed by atoms with E-state index in [1.807, 2.05) is 25.8 Å². The molecule has 0 aromatic carbocycles. The second-order valence-corrected chi connectivity index (χ2v) is 4.15. The summed E-state index contributed by atoms with van der Waals surface area (Å²) in [6.45, 7) is 4.97. The average molecular weight is 227 g/mol. The van der Waals surface area contributed by atoms with E-state index in [0.29, 0.717) is 19.1 Å². The Morgan fingerprint density at radius 3 is 2.50 bits per heavy atom. The minimum absolute atomic E-state index is 0.239. The molecule has 1 aliphatic heterocycles. The summed E-state index contributed by atoms with van der Waals surface area (Å²) in [6.07, 6.45) is -0.239. The molecular formula is C10H17N3O3. The number of barbiturate groups is 1. The predicted octanol–water partition coefficient (Wildman–Crippen LogP) is -0.205. The molecule has 1 rings (SSSR count). The molecule has 1 N–H and O–H groups in total. The maximum absolute atomic E-state index is 11.4. The normalized spacial score (nSPS) is 17.3. The van der Waals surface area contributed by atoms with Gasteiger partial charge in [0.25, 0.3) is 0 Å². The highest BCUT2D eigenvalue weighted by Crippen LogP contribution is 2.03. The van der Waals surface area contributed by atoms with Crippen LogP contribution in [0.4, 0.5) is 4.79 Å². The van der Waals surface area contributed by atoms with Gasteiger partial charge in [-0.15, -0.1) is 0 Å². The Morgan fingerprint density at radius 2 is 2.00 bits per heavy atom. The van der Waals surface area contributed by atoms with E-state index in [4.69, 9.17) is 0 Å². The van der Waals surface area contributed by atoms with Crippen LogP contribution in [0, 0.1) is 0 Å². The number of amides is 4. The first-order valence-corrected chi connectivity index (χ1v) is 5.26. The zero-order valence-corrected chi connectivity index (χ0v) is 9.82. The quantitative estimate of drug-likeness (QED) is 0.675. The fourth-order valence-corrected chi connectivity index (χ4v) is 1.32. The van der Waals surface area contributed by atoms with Crippen molar-refractivity contribution < 1.29 is 14.4 Å². The number of urea groups is 1. The van der Waals surface area contributed by atoms with Crippen molar-refractivity contribution in [2.45, 2.75) is 26.3 Å². The molecule has 0 radical (unpaired) electrons. The summed E-state index contributed by atoms with van der Waals surface area (Å²) in [5.74, 6) is -0.950. The molecule has 4 amide bonds. The standard InChI is InChI=1S/C10H17N3O3/c1-7(2)12(3)4-5-13-9(15)6-8(14)11-10(13)16/h7H,4-6H2,1-3H3,(H,11,14,16). The fraction of sp³-hybridized carbons (Fsp3) is 0.700. The SMILES string of the molecule is CC(C)N(C)CCN1C(=O)CC(=O)NC1=O. The van der Waals surface area contributed by atoms with Gasteiger partial charge in [0.15, 0.2) is 0 Å². The molecule has 0 bridgehead atoms. The fourth-order valence-electron chi connectivity index (χ4n) is 1.32. The van der Waals surface area contributed by atoms with E-state index in [9.17, 15) is 14.4 Å². The highest BCUT2D eigenvalue weighted by atomic mass is 16.2. The van der Waals surface area contributed by atoms with Crippen LogP contribution in [-0.4, -0.2) is 53.8 Å². The summed E-state index contributed by atoms with van der Waals surface area (Å²) in [4.78, 5) is 36.8. The lowest BCUT2D eigenvalue weighted by Gasteiger charge is -2.28. The van der Waals surface area contributed by atoms with Crippen molar-refractivity contribution in [3.05, 3.63) is 0 Å². The third-order valence-corrected chi connectivity index (χ3v) is 2.66. The Bertz CT molecular complexity index is 294. The largest absolute Gasteiger partial charge is 0.330 e. The highest BCUT2D eigenvalue weighted by Gasteiger charge is 2.30. The molecule has 0 atom stereocenters. The van der Waals surface area contributed by atoms with Gasteiger partial charge in [-0.25, -0.2) is 4.79 Å². The molecule has 0 aliphatic carbocycles. The molecule has 0 saturated carbocycles. The van der Waals surface area contributed by atoms with E-state index in [2.05, 4.69) is 5.32 Å². The average Bonchev–Trinajstić information content (AvgIpc) is 2.15. The molecular weight excluding hydrogens is 210 g/mol. The summed E-state index contributed by atoms with van der Waals surface area (Å²) in [7, 11) is 1.92. The summed E-state index contributed by atoms with van der Waals surface area (Å²) in [5.41, 5.74) is 0. The summed E-state index contributed by atoms with van der Waals surface area (Å²) in [5, 5.41) is 2.12. The number of hydrogen-bond acceptors (Lipinski definition) is 4. The summed E-state index contributed by atoms with van der Waals surface area (Å²) >= 11 is 0. The molecule has 0 unspecified atom stereocenters. The molecule has 0 aromatic rings. The van der Waals surface area contributed by atoms with Gasteiger partial charge in [-0.05, 0) is 20.9 Å². The molecule has 6 nitrogen and oxygen atoms in total. The van der Waals surface area contributed by atoms with Gasteiger partial charge < -0.3 is 4.90 Å². The first-order chi connectivity index (χ1) is 7.41. The van der Waals surface area contributed by atoms with Crippen LogP contribution in [-0.2, 0) is 9.59 Å². The van der Waals surface area contributed by atoms with Crippen LogP contribution in [0.15, 0.2) is 0 Å². The molecule has 1 heterocycles. The van der Waals surface area contributed by atoms with E-state index < -0.39 is 17.8 Å². The Labute approximate surface area is 94.6 Å². The van der Waals surface area contributed by atoms with Crippen molar-refractivity contribution in [1.82, 2.24) is 15.1 Å². The lowest BCUT2D eigenvalue weighted by molar-refractivity contribution is -0.136. The van der Waals surface area contributed by atoms with Crippen LogP contribution >= 0.6 is 0 Å². The Hall–Kier alpha value is -1.43. The van der Waals surface area contributed by atoms with Crippen molar-refractivity contribution in [2.75, 3.05) is 20.1 Å². The van der Waals surface area contributed by atoms with Gasteiger partial charge in [-0.2, -0.15) is 0 Å². The second-order valence-electron chi connectivity index (χ2n) is 4.15. The van der Waals surface area contributed by atoms with Gasteiger partial charge >= 0.3 is 6.03 Å². The maximum Gasteiger partial charge on any atom is 0.330 e. The Kier molecular flexibility index (Phi) is 4.00. The van der Waals surface area contributed by atoms with E-state index in [1.165, 1.54) is 0 Å². The zero-order valence-electron chi connectivity index (χ0n) is 9.82. The van der Waals surface area contributed by atoms with Crippen LogP contribution in [0.3, 0.4) is 0 Å². The van der Waals surface area contributed by atoms with Gasteiger partial charge in [0, 0.05) is 19.1 Å². The summed E-state index contributed by atoms with van der Waals surface area (Å²) < 4.78 is 0. The van der Waals surface area contributed by atoms with Crippen LogP contribution in [0.1, 0.15) is 20.3 Å². The lowest BCUT2D eigenvalue weighted by atomic mass is 10.3. The lowest BCUT2D eigenvalue weighted by Crippen LogP contribution is -2.54. The van der Waals surface area contributed by atoms with Crippen LogP contribution < -0.4 is 5.32 Å². The van der Waals surface area contributed by atoms with E-state index >= 15 is 0 Å². The Morgan fingerprint density at radius 1 is 1.38 bits per heavy atom. The van der Waals surface area contributed by atoms with Gasteiger partial charge in [0.05, 0.1) is 0 Å². The van der Waals surface area contributed by atoms with Crippen molar-refractivity contribution >= 4 is 17.8 Å². The third kappa shape index (κ3) is 3.03. The number of hydrogen-bond donors (Lipinski definition) is 1. The predicted molar refractivity (Wildman–Crippen MR) is 57.6 cm³/mol. The second kappa shape index (κ2) is 5.07. The summed E-state index contributed by atoms with van der Waals surface area (Å²) in [6, 6.07) is -0.261. The number of imide groups is 2. The topological polar surface area (TPSA) is 69.7 Å². The van der Waals surface area contributed by atoms with Crippen LogP contribution in [0.5, 0.6) is 0 Å². The molecule has 1 aliphatic rings. The third-order valence-electron chi connectivity index (χ3n) is 2.66. The number of nitrogens with zero attached hydrogens (tertiary/aromatic N) is 2. The van der Waals surface area contributed by atoms with Crippen LogP contribution in [0.25, 0.3) is 0 Å². The molecule has 1 fully saturated rings. The van der Waals surface area contributed by atoms with Crippen molar-refractivity contribution in [2.24, 2.45) is 0 Å². The van der Waals surface area contributed by atoms with Crippen molar-refractivity contribution in [3.63, 3.8) is 0 Å². The van der Waals surface area contributed by atoms with Gasteiger partial charge in [-0.1, -0.05) is 0 Å². The number of carbonyl (C=O) groups excluding carboxylic acids is 3. The monoisotopic (exact) mass is 227 g/mol. The minimum atomic E-state index is -0.613. The zero-order chi connectivity index (χ0) is 12.3. The smallest absolute Gasteiger partial charge is 0.302 e. The first kappa shape index (κ1) is 12.6. The highest BCUT2D eigenvalue weighted by molar-refractivity contribution is 6.14. The number of rotatable bonds is 4. The molecule has 6 heteroatoms. The van der Waals surface area contributed by atoms with Crippen molar-refractivity contribution in [3.8, 4) is 0 Å². The first-order valence-electron chi connectivity index (χ1n) is 5.26. The van der Waals surface area contributed by atoms with Gasteiger partial charge in [0.2, 0.25) is 11.8 Å².